The fourth-order valence-electron chi connectivity index (χ4n) is 1.48. The Kier molecular flexibility index (Phi) is 3.14. The van der Waals surface area contributed by atoms with Gasteiger partial charge in [0.05, 0.1) is 25.0 Å². The second-order valence-electron chi connectivity index (χ2n) is 3.42. The van der Waals surface area contributed by atoms with Crippen molar-refractivity contribution in [3.63, 3.8) is 0 Å². The number of methoxy groups -OCH3 is 1. The summed E-state index contributed by atoms with van der Waals surface area (Å²) < 4.78 is 4.59. The van der Waals surface area contributed by atoms with Crippen LogP contribution in [0.5, 0.6) is 0 Å². The maximum Gasteiger partial charge on any atom is 0.309 e. The number of esters is 1. The third-order valence-corrected chi connectivity index (χ3v) is 3.33. The molecule has 0 spiro atoms. The fourth-order valence-corrected chi connectivity index (χ4v) is 2.27. The van der Waals surface area contributed by atoms with Crippen LogP contribution in [-0.2, 0) is 20.7 Å². The van der Waals surface area contributed by atoms with Crippen molar-refractivity contribution in [3.8, 4) is 0 Å². The Bertz CT molecular complexity index is 445. The minimum Gasteiger partial charge on any atom is -0.469 e. The molecule has 0 bridgehead atoms. The maximum atomic E-state index is 11.2. The zero-order valence-corrected chi connectivity index (χ0v) is 9.60. The first-order valence-corrected chi connectivity index (χ1v) is 5.80. The van der Waals surface area contributed by atoms with Crippen molar-refractivity contribution in [1.82, 2.24) is 0 Å². The molecule has 0 saturated heterocycles. The van der Waals surface area contributed by atoms with E-state index in [9.17, 15) is 9.59 Å². The fraction of sp³-hybridized carbons (Fsp3) is 0.273. The van der Waals surface area contributed by atoms with Gasteiger partial charge in [0.25, 0.3) is 0 Å². The molecule has 84 valence electrons. The summed E-state index contributed by atoms with van der Waals surface area (Å²) in [5.41, 5.74) is 1.62. The largest absolute Gasteiger partial charge is 0.469 e. The summed E-state index contributed by atoms with van der Waals surface area (Å²) in [7, 11) is 1.36. The van der Waals surface area contributed by atoms with Gasteiger partial charge in [0, 0.05) is 4.90 Å². The Hall–Kier alpha value is -1.49. The smallest absolute Gasteiger partial charge is 0.309 e. The number of hydrogen-bond donors (Lipinski definition) is 1. The van der Waals surface area contributed by atoms with Crippen LogP contribution in [0.4, 0.5) is 5.69 Å². The van der Waals surface area contributed by atoms with E-state index in [0.29, 0.717) is 5.75 Å². The number of fused-ring (bicyclic) bond motifs is 1. The van der Waals surface area contributed by atoms with Crippen LogP contribution in [0.2, 0.25) is 0 Å². The average molecular weight is 237 g/mol. The number of thioether (sulfide) groups is 1. The highest BCUT2D eigenvalue weighted by Gasteiger charge is 2.15. The number of anilines is 1. The van der Waals surface area contributed by atoms with Crippen LogP contribution in [0.3, 0.4) is 0 Å². The number of benzene rings is 1. The van der Waals surface area contributed by atoms with Crippen molar-refractivity contribution in [1.29, 1.82) is 0 Å². The molecule has 1 amide bonds. The number of carbonyl (C=O) groups is 2. The summed E-state index contributed by atoms with van der Waals surface area (Å²) in [5.74, 6) is 0.158. The molecule has 0 saturated carbocycles. The highest BCUT2D eigenvalue weighted by Crippen LogP contribution is 2.32. The molecular weight excluding hydrogens is 226 g/mol. The zero-order chi connectivity index (χ0) is 11.5. The second-order valence-corrected chi connectivity index (χ2v) is 4.44. The monoisotopic (exact) mass is 237 g/mol. The predicted molar refractivity (Wildman–Crippen MR) is 61.5 cm³/mol. The van der Waals surface area contributed by atoms with Gasteiger partial charge in [0.2, 0.25) is 5.91 Å². The number of carbonyl (C=O) groups excluding carboxylic acids is 2. The first kappa shape index (κ1) is 11.0. The molecule has 1 aliphatic heterocycles. The molecule has 5 heteroatoms. The van der Waals surface area contributed by atoms with Crippen molar-refractivity contribution in [2.75, 3.05) is 18.2 Å². The molecule has 2 rings (SSSR count). The van der Waals surface area contributed by atoms with E-state index in [4.69, 9.17) is 0 Å². The van der Waals surface area contributed by atoms with Gasteiger partial charge in [-0.2, -0.15) is 0 Å². The van der Waals surface area contributed by atoms with Crippen molar-refractivity contribution in [3.05, 3.63) is 23.8 Å². The molecular formula is C11H11NO3S. The number of hydrogen-bond acceptors (Lipinski definition) is 4. The molecule has 1 aromatic rings. The van der Waals surface area contributed by atoms with Crippen LogP contribution in [0.1, 0.15) is 5.56 Å². The molecule has 0 radical (unpaired) electrons. The van der Waals surface area contributed by atoms with Gasteiger partial charge in [0.1, 0.15) is 0 Å². The Morgan fingerprint density at radius 3 is 3.12 bits per heavy atom. The van der Waals surface area contributed by atoms with Crippen LogP contribution in [0, 0.1) is 0 Å². The van der Waals surface area contributed by atoms with Gasteiger partial charge in [-0.3, -0.25) is 9.59 Å². The van der Waals surface area contributed by atoms with E-state index in [-0.39, 0.29) is 18.3 Å². The third kappa shape index (κ3) is 2.36. The van der Waals surface area contributed by atoms with Crippen molar-refractivity contribution in [2.45, 2.75) is 11.3 Å². The minimum absolute atomic E-state index is 0.00674. The van der Waals surface area contributed by atoms with Crippen LogP contribution in [-0.4, -0.2) is 24.7 Å². The van der Waals surface area contributed by atoms with Crippen LogP contribution in [0.25, 0.3) is 0 Å². The standard InChI is InChI=1S/C11H11NO3S/c1-15-11(14)5-7-2-3-9-8(4-7)12-10(13)6-16-9/h2-4H,5-6H2,1H3,(H,12,13). The second kappa shape index (κ2) is 4.57. The van der Waals surface area contributed by atoms with Gasteiger partial charge in [-0.1, -0.05) is 6.07 Å². The average Bonchev–Trinajstić information content (AvgIpc) is 2.28. The van der Waals surface area contributed by atoms with Gasteiger partial charge in [-0.05, 0) is 17.7 Å². The third-order valence-electron chi connectivity index (χ3n) is 2.25. The Morgan fingerprint density at radius 1 is 1.56 bits per heavy atom. The predicted octanol–water partition coefficient (Wildman–Crippen LogP) is 1.45. The lowest BCUT2D eigenvalue weighted by molar-refractivity contribution is -0.139. The quantitative estimate of drug-likeness (QED) is 0.791. The summed E-state index contributed by atoms with van der Waals surface area (Å²) in [5, 5.41) is 2.78. The van der Waals surface area contributed by atoms with Gasteiger partial charge in [-0.25, -0.2) is 0 Å². The van der Waals surface area contributed by atoms with Crippen molar-refractivity contribution >= 4 is 29.3 Å². The normalized spacial score (nSPS) is 13.9. The van der Waals surface area contributed by atoms with E-state index in [0.717, 1.165) is 16.1 Å². The van der Waals surface area contributed by atoms with Crippen molar-refractivity contribution < 1.29 is 14.3 Å². The van der Waals surface area contributed by atoms with Gasteiger partial charge in [0.15, 0.2) is 0 Å². The lowest BCUT2D eigenvalue weighted by Crippen LogP contribution is -2.18. The lowest BCUT2D eigenvalue weighted by atomic mass is 10.1. The number of ether oxygens (including phenoxy) is 1. The van der Waals surface area contributed by atoms with E-state index in [1.165, 1.54) is 18.9 Å². The van der Waals surface area contributed by atoms with E-state index >= 15 is 0 Å². The first-order valence-electron chi connectivity index (χ1n) is 4.81. The molecule has 1 aromatic carbocycles. The number of amides is 1. The van der Waals surface area contributed by atoms with E-state index in [1.807, 2.05) is 18.2 Å². The van der Waals surface area contributed by atoms with Crippen molar-refractivity contribution in [2.24, 2.45) is 0 Å². The molecule has 16 heavy (non-hydrogen) atoms. The number of rotatable bonds is 2. The highest BCUT2D eigenvalue weighted by atomic mass is 32.2. The molecule has 0 atom stereocenters. The van der Waals surface area contributed by atoms with E-state index < -0.39 is 0 Å². The van der Waals surface area contributed by atoms with Gasteiger partial charge in [-0.15, -0.1) is 11.8 Å². The molecule has 1 N–H and O–H groups in total. The molecule has 0 fully saturated rings. The summed E-state index contributed by atoms with van der Waals surface area (Å²) in [6.45, 7) is 0. The SMILES string of the molecule is COC(=O)Cc1ccc2c(c1)NC(=O)CS2. The molecule has 1 heterocycles. The van der Waals surface area contributed by atoms with Gasteiger partial charge < -0.3 is 10.1 Å². The van der Waals surface area contributed by atoms with Gasteiger partial charge >= 0.3 is 5.97 Å². The molecule has 0 unspecified atom stereocenters. The minimum atomic E-state index is -0.283. The topological polar surface area (TPSA) is 55.4 Å². The zero-order valence-electron chi connectivity index (χ0n) is 8.78. The molecule has 1 aliphatic rings. The number of nitrogens with one attached hydrogen (secondary N) is 1. The Morgan fingerprint density at radius 2 is 2.38 bits per heavy atom. The Labute approximate surface area is 97.4 Å². The highest BCUT2D eigenvalue weighted by molar-refractivity contribution is 8.00. The van der Waals surface area contributed by atoms with E-state index in [1.54, 1.807) is 0 Å². The first-order chi connectivity index (χ1) is 7.69. The molecule has 0 aliphatic carbocycles. The lowest BCUT2D eigenvalue weighted by Gasteiger charge is -2.16. The summed E-state index contributed by atoms with van der Waals surface area (Å²) in [4.78, 5) is 23.3. The summed E-state index contributed by atoms with van der Waals surface area (Å²) >= 11 is 1.50. The molecule has 4 nitrogen and oxygen atoms in total. The van der Waals surface area contributed by atoms with E-state index in [2.05, 4.69) is 10.1 Å². The molecule has 0 aromatic heterocycles. The summed E-state index contributed by atoms with van der Waals surface area (Å²) in [6, 6.07) is 5.61. The summed E-state index contributed by atoms with van der Waals surface area (Å²) in [6.07, 6.45) is 0.227. The Balaban J connectivity index is 2.21. The van der Waals surface area contributed by atoms with Crippen LogP contribution >= 0.6 is 11.8 Å². The van der Waals surface area contributed by atoms with Crippen LogP contribution in [0.15, 0.2) is 23.1 Å². The maximum absolute atomic E-state index is 11.2. The van der Waals surface area contributed by atoms with Crippen LogP contribution < -0.4 is 5.32 Å².